The summed E-state index contributed by atoms with van der Waals surface area (Å²) >= 11 is 0. The Balaban J connectivity index is 1.61. The Morgan fingerprint density at radius 1 is 1.26 bits per heavy atom. The topological polar surface area (TPSA) is 72.9 Å². The number of aliphatic carboxylic acids is 1. The highest BCUT2D eigenvalue weighted by molar-refractivity contribution is 5.95. The van der Waals surface area contributed by atoms with Crippen LogP contribution in [0.1, 0.15) is 52.0 Å². The van der Waals surface area contributed by atoms with E-state index in [1.54, 1.807) is 0 Å². The molecular formula is C21H31N3O3. The van der Waals surface area contributed by atoms with Crippen LogP contribution in [0.2, 0.25) is 0 Å². The normalized spacial score (nSPS) is 24.5. The van der Waals surface area contributed by atoms with Crippen LogP contribution >= 0.6 is 0 Å². The summed E-state index contributed by atoms with van der Waals surface area (Å²) in [4.78, 5) is 27.7. The molecule has 1 fully saturated rings. The highest BCUT2D eigenvalue weighted by Gasteiger charge is 2.40. The third-order valence-electron chi connectivity index (χ3n) is 5.96. The van der Waals surface area contributed by atoms with Crippen LogP contribution in [0.3, 0.4) is 0 Å². The van der Waals surface area contributed by atoms with Gasteiger partial charge in [0.1, 0.15) is 0 Å². The number of carboxylic acid groups (broad SMARTS) is 1. The number of nitrogens with one attached hydrogen (secondary N) is 1. The predicted molar refractivity (Wildman–Crippen MR) is 106 cm³/mol. The first-order valence-corrected chi connectivity index (χ1v) is 9.83. The molecule has 1 saturated carbocycles. The highest BCUT2D eigenvalue weighted by Crippen LogP contribution is 2.45. The minimum absolute atomic E-state index is 0.0427. The van der Waals surface area contributed by atoms with Crippen LogP contribution in [0.4, 0.5) is 10.5 Å². The Kier molecular flexibility index (Phi) is 5.47. The van der Waals surface area contributed by atoms with E-state index in [1.807, 2.05) is 34.9 Å². The summed E-state index contributed by atoms with van der Waals surface area (Å²) < 4.78 is 0. The van der Waals surface area contributed by atoms with E-state index in [2.05, 4.69) is 32.2 Å². The van der Waals surface area contributed by atoms with E-state index < -0.39 is 5.97 Å². The largest absolute Gasteiger partial charge is 0.480 e. The molecule has 2 N–H and O–H groups in total. The van der Waals surface area contributed by atoms with Gasteiger partial charge < -0.3 is 10.4 Å². The molecule has 6 nitrogen and oxygen atoms in total. The molecule has 1 aromatic rings. The van der Waals surface area contributed by atoms with E-state index in [-0.39, 0.29) is 30.1 Å². The van der Waals surface area contributed by atoms with E-state index in [1.165, 1.54) is 5.56 Å². The lowest BCUT2D eigenvalue weighted by atomic mass is 9.78. The van der Waals surface area contributed by atoms with Crippen molar-refractivity contribution in [3.8, 4) is 0 Å². The number of likely N-dealkylation sites (N-methyl/N-ethyl adjacent to an activating group) is 1. The molecule has 1 atom stereocenters. The molecule has 1 aromatic carbocycles. The Hall–Kier alpha value is -2.08. The second-order valence-electron chi connectivity index (χ2n) is 8.82. The van der Waals surface area contributed by atoms with Gasteiger partial charge >= 0.3 is 12.0 Å². The van der Waals surface area contributed by atoms with Crippen molar-refractivity contribution < 1.29 is 14.7 Å². The zero-order valence-corrected chi connectivity index (χ0v) is 16.7. The van der Waals surface area contributed by atoms with E-state index in [4.69, 9.17) is 5.11 Å². The van der Waals surface area contributed by atoms with Crippen molar-refractivity contribution in [2.75, 3.05) is 24.5 Å². The van der Waals surface area contributed by atoms with E-state index in [0.717, 1.165) is 18.5 Å². The lowest BCUT2D eigenvalue weighted by Gasteiger charge is -2.42. The highest BCUT2D eigenvalue weighted by atomic mass is 16.4. The van der Waals surface area contributed by atoms with Gasteiger partial charge in [-0.2, -0.15) is 0 Å². The maximum absolute atomic E-state index is 12.9. The van der Waals surface area contributed by atoms with Crippen molar-refractivity contribution in [2.45, 2.75) is 58.5 Å². The molecule has 0 saturated heterocycles. The van der Waals surface area contributed by atoms with Crippen molar-refractivity contribution in [2.24, 2.45) is 5.41 Å². The number of fused-ring (bicyclic) bond motifs is 1. The summed E-state index contributed by atoms with van der Waals surface area (Å²) in [6.45, 7) is 10.1. The second kappa shape index (κ2) is 7.50. The van der Waals surface area contributed by atoms with Crippen LogP contribution in [-0.4, -0.2) is 53.7 Å². The molecule has 2 aliphatic rings. The molecule has 1 aliphatic carbocycles. The number of urea groups is 1. The number of amides is 2. The molecule has 1 unspecified atom stereocenters. The zero-order chi connectivity index (χ0) is 19.8. The average molecular weight is 373 g/mol. The van der Waals surface area contributed by atoms with Gasteiger partial charge in [-0.15, -0.1) is 0 Å². The third-order valence-corrected chi connectivity index (χ3v) is 5.96. The molecule has 6 heteroatoms. The number of carboxylic acids is 1. The second-order valence-corrected chi connectivity index (χ2v) is 8.82. The molecule has 0 spiro atoms. The number of rotatable bonds is 5. The van der Waals surface area contributed by atoms with Gasteiger partial charge in [-0.25, -0.2) is 4.79 Å². The fourth-order valence-corrected chi connectivity index (χ4v) is 4.27. The summed E-state index contributed by atoms with van der Waals surface area (Å²) in [6, 6.07) is 8.49. The lowest BCUT2D eigenvalue weighted by Crippen LogP contribution is -2.56. The molecule has 0 radical (unpaired) electrons. The van der Waals surface area contributed by atoms with Gasteiger partial charge in [-0.1, -0.05) is 45.9 Å². The van der Waals surface area contributed by atoms with Crippen LogP contribution in [0, 0.1) is 5.41 Å². The Morgan fingerprint density at radius 2 is 1.93 bits per heavy atom. The number of para-hydroxylation sites is 1. The molecule has 2 amide bonds. The Bertz CT molecular complexity index is 707. The van der Waals surface area contributed by atoms with Gasteiger partial charge in [0, 0.05) is 30.2 Å². The molecule has 3 rings (SSSR count). The van der Waals surface area contributed by atoms with E-state index in [0.29, 0.717) is 19.0 Å². The fourth-order valence-electron chi connectivity index (χ4n) is 4.27. The number of carbonyl (C=O) groups excluding carboxylic acids is 1. The van der Waals surface area contributed by atoms with Crippen molar-refractivity contribution >= 4 is 17.7 Å². The SMILES string of the molecule is CCN(CC(=O)O)C1CC(NC(=O)N2CC(C(C)(C)C)c3ccccc32)C1. The molecule has 27 heavy (non-hydrogen) atoms. The van der Waals surface area contributed by atoms with Gasteiger partial charge in [0.2, 0.25) is 0 Å². The molecular weight excluding hydrogens is 342 g/mol. The molecule has 1 aliphatic heterocycles. The van der Waals surface area contributed by atoms with E-state index >= 15 is 0 Å². The fraction of sp³-hybridized carbons (Fsp3) is 0.619. The molecule has 0 aromatic heterocycles. The van der Waals surface area contributed by atoms with Gasteiger partial charge in [0.15, 0.2) is 0 Å². The molecule has 148 valence electrons. The summed E-state index contributed by atoms with van der Waals surface area (Å²) in [5, 5.41) is 12.2. The van der Waals surface area contributed by atoms with Crippen LogP contribution in [-0.2, 0) is 4.79 Å². The monoisotopic (exact) mass is 373 g/mol. The number of benzene rings is 1. The number of anilines is 1. The predicted octanol–water partition coefficient (Wildman–Crippen LogP) is 3.28. The van der Waals surface area contributed by atoms with Crippen LogP contribution < -0.4 is 10.2 Å². The van der Waals surface area contributed by atoms with Crippen molar-refractivity contribution in [1.82, 2.24) is 10.2 Å². The standard InChI is InChI=1S/C21H31N3O3/c1-5-23(13-19(25)26)15-10-14(11-15)22-20(27)24-12-17(21(2,3)4)16-8-6-7-9-18(16)24/h6-9,14-15,17H,5,10-13H2,1-4H3,(H,22,27)(H,25,26). The maximum atomic E-state index is 12.9. The number of nitrogens with zero attached hydrogens (tertiary/aromatic N) is 2. The Morgan fingerprint density at radius 3 is 2.52 bits per heavy atom. The van der Waals surface area contributed by atoms with Gasteiger partial charge in [-0.3, -0.25) is 14.6 Å². The number of carbonyl (C=O) groups is 2. The van der Waals surface area contributed by atoms with Gasteiger partial charge in [-0.05, 0) is 36.4 Å². The first-order valence-electron chi connectivity index (χ1n) is 9.83. The first kappa shape index (κ1) is 19.7. The minimum Gasteiger partial charge on any atom is -0.480 e. The quantitative estimate of drug-likeness (QED) is 0.831. The number of hydrogen-bond acceptors (Lipinski definition) is 3. The summed E-state index contributed by atoms with van der Waals surface area (Å²) in [5.41, 5.74) is 2.34. The van der Waals surface area contributed by atoms with Crippen LogP contribution in [0.5, 0.6) is 0 Å². The smallest absolute Gasteiger partial charge is 0.322 e. The zero-order valence-electron chi connectivity index (χ0n) is 16.7. The summed E-state index contributed by atoms with van der Waals surface area (Å²) in [5.74, 6) is -0.481. The third kappa shape index (κ3) is 4.10. The molecule has 0 bridgehead atoms. The van der Waals surface area contributed by atoms with Crippen LogP contribution in [0.15, 0.2) is 24.3 Å². The van der Waals surface area contributed by atoms with Gasteiger partial charge in [0.25, 0.3) is 0 Å². The average Bonchev–Trinajstić information content (AvgIpc) is 2.95. The summed E-state index contributed by atoms with van der Waals surface area (Å²) in [7, 11) is 0. The van der Waals surface area contributed by atoms with Gasteiger partial charge in [0.05, 0.1) is 6.54 Å². The first-order chi connectivity index (χ1) is 12.7. The molecule has 1 heterocycles. The Labute approximate surface area is 161 Å². The van der Waals surface area contributed by atoms with E-state index in [9.17, 15) is 9.59 Å². The summed E-state index contributed by atoms with van der Waals surface area (Å²) in [6.07, 6.45) is 1.62. The minimum atomic E-state index is -0.800. The van der Waals surface area contributed by atoms with Crippen molar-refractivity contribution in [1.29, 1.82) is 0 Å². The number of hydrogen-bond donors (Lipinski definition) is 2. The van der Waals surface area contributed by atoms with Crippen molar-refractivity contribution in [3.05, 3.63) is 29.8 Å². The van der Waals surface area contributed by atoms with Crippen molar-refractivity contribution in [3.63, 3.8) is 0 Å². The maximum Gasteiger partial charge on any atom is 0.322 e. The lowest BCUT2D eigenvalue weighted by molar-refractivity contribution is -0.139. The van der Waals surface area contributed by atoms with Crippen LogP contribution in [0.25, 0.3) is 0 Å².